The third-order valence-electron chi connectivity index (χ3n) is 5.92. The zero-order valence-electron chi connectivity index (χ0n) is 17.6. The second-order valence-corrected chi connectivity index (χ2v) is 8.03. The van der Waals surface area contributed by atoms with E-state index in [1.54, 1.807) is 0 Å². The van der Waals surface area contributed by atoms with Gasteiger partial charge in [-0.2, -0.15) is 9.50 Å². The number of nitrogens with zero attached hydrogens (tertiary/aromatic N) is 4. The van der Waals surface area contributed by atoms with Crippen molar-refractivity contribution in [2.45, 2.75) is 39.7 Å². The highest BCUT2D eigenvalue weighted by Crippen LogP contribution is 2.23. The lowest BCUT2D eigenvalue weighted by molar-refractivity contribution is -0.116. The van der Waals surface area contributed by atoms with Crippen LogP contribution in [0.5, 0.6) is 0 Å². The van der Waals surface area contributed by atoms with Crippen molar-refractivity contribution in [1.29, 1.82) is 0 Å². The number of rotatable bonds is 4. The van der Waals surface area contributed by atoms with Gasteiger partial charge in [-0.05, 0) is 56.4 Å². The predicted molar refractivity (Wildman–Crippen MR) is 119 cm³/mol. The molecule has 0 bridgehead atoms. The highest BCUT2D eigenvalue weighted by atomic mass is 16.2. The van der Waals surface area contributed by atoms with Gasteiger partial charge in [0.1, 0.15) is 6.54 Å². The molecule has 1 N–H and O–H groups in total. The van der Waals surface area contributed by atoms with Crippen LogP contribution in [0.25, 0.3) is 17.2 Å². The molecule has 156 valence electrons. The molecule has 7 nitrogen and oxygen atoms in total. The Morgan fingerprint density at radius 1 is 1.06 bits per heavy atom. The Bertz CT molecular complexity index is 1370. The molecule has 0 radical (unpaired) electrons. The van der Waals surface area contributed by atoms with E-state index >= 15 is 0 Å². The molecule has 7 heteroatoms. The first-order chi connectivity index (χ1) is 15.0. The van der Waals surface area contributed by atoms with Gasteiger partial charge in [-0.3, -0.25) is 9.59 Å². The van der Waals surface area contributed by atoms with Crippen LogP contribution in [-0.2, 0) is 24.2 Å². The Morgan fingerprint density at radius 2 is 1.87 bits per heavy atom. The van der Waals surface area contributed by atoms with Crippen molar-refractivity contribution < 1.29 is 4.79 Å². The Balaban J connectivity index is 1.56. The third kappa shape index (κ3) is 3.42. The van der Waals surface area contributed by atoms with Crippen LogP contribution in [0.2, 0.25) is 0 Å². The van der Waals surface area contributed by atoms with Gasteiger partial charge in [0.25, 0.3) is 5.56 Å². The third-order valence-corrected chi connectivity index (χ3v) is 5.92. The average Bonchev–Trinajstić information content (AvgIpc) is 3.43. The molecule has 2 heterocycles. The Labute approximate surface area is 179 Å². The van der Waals surface area contributed by atoms with E-state index < -0.39 is 0 Å². The molecule has 0 saturated heterocycles. The van der Waals surface area contributed by atoms with Crippen molar-refractivity contribution in [1.82, 2.24) is 19.2 Å². The SMILES string of the molecule is Cc1ccc(NC(=O)Cn2c3c(c(=O)n4nc(-c5ccccc5)nc24)CCC3)cc1C. The van der Waals surface area contributed by atoms with E-state index in [4.69, 9.17) is 0 Å². The van der Waals surface area contributed by atoms with Crippen molar-refractivity contribution >= 4 is 17.4 Å². The van der Waals surface area contributed by atoms with Gasteiger partial charge in [0, 0.05) is 22.5 Å². The molecule has 0 saturated carbocycles. The highest BCUT2D eigenvalue weighted by Gasteiger charge is 2.25. The van der Waals surface area contributed by atoms with Crippen LogP contribution in [-0.4, -0.2) is 25.1 Å². The minimum atomic E-state index is -0.160. The normalized spacial score (nSPS) is 12.8. The van der Waals surface area contributed by atoms with Crippen LogP contribution in [0.15, 0.2) is 53.3 Å². The molecule has 31 heavy (non-hydrogen) atoms. The predicted octanol–water partition coefficient (Wildman–Crippen LogP) is 3.30. The standard InChI is InChI=1S/C24H23N5O2/c1-15-11-12-18(13-16(15)2)25-21(30)14-28-20-10-6-9-19(20)23(31)29-24(28)26-22(27-29)17-7-4-3-5-8-17/h3-5,7-8,11-13H,6,9-10,14H2,1-2H3,(H,25,30). The molecule has 0 spiro atoms. The summed E-state index contributed by atoms with van der Waals surface area (Å²) in [7, 11) is 0. The molecule has 1 aliphatic rings. The Morgan fingerprint density at radius 3 is 2.65 bits per heavy atom. The maximum absolute atomic E-state index is 13.0. The fraction of sp³-hybridized carbons (Fsp3) is 0.250. The van der Waals surface area contributed by atoms with E-state index in [9.17, 15) is 9.59 Å². The van der Waals surface area contributed by atoms with Gasteiger partial charge in [-0.1, -0.05) is 36.4 Å². The van der Waals surface area contributed by atoms with Gasteiger partial charge < -0.3 is 9.88 Å². The lowest BCUT2D eigenvalue weighted by Crippen LogP contribution is -2.28. The number of anilines is 1. The van der Waals surface area contributed by atoms with Crippen molar-refractivity contribution in [2.75, 3.05) is 5.32 Å². The number of carbonyl (C=O) groups excluding carboxylic acids is 1. The lowest BCUT2D eigenvalue weighted by atomic mass is 10.1. The van der Waals surface area contributed by atoms with E-state index in [0.29, 0.717) is 18.0 Å². The number of aryl methyl sites for hydroxylation is 2. The number of benzene rings is 2. The quantitative estimate of drug-likeness (QED) is 0.557. The number of fused-ring (bicyclic) bond motifs is 2. The minimum Gasteiger partial charge on any atom is -0.325 e. The maximum Gasteiger partial charge on any atom is 0.279 e. The first-order valence-electron chi connectivity index (χ1n) is 10.4. The van der Waals surface area contributed by atoms with Crippen LogP contribution >= 0.6 is 0 Å². The lowest BCUT2D eigenvalue weighted by Gasteiger charge is -2.14. The summed E-state index contributed by atoms with van der Waals surface area (Å²) in [5.41, 5.74) is 5.37. The van der Waals surface area contributed by atoms with Crippen LogP contribution in [0.1, 0.15) is 28.8 Å². The summed E-state index contributed by atoms with van der Waals surface area (Å²) in [6, 6.07) is 15.4. The van der Waals surface area contributed by atoms with E-state index in [0.717, 1.165) is 40.9 Å². The Hall–Kier alpha value is -3.74. The highest BCUT2D eigenvalue weighted by molar-refractivity contribution is 5.91. The van der Waals surface area contributed by atoms with Crippen LogP contribution < -0.4 is 10.9 Å². The van der Waals surface area contributed by atoms with Crippen molar-refractivity contribution in [3.8, 4) is 11.4 Å². The zero-order chi connectivity index (χ0) is 21.5. The van der Waals surface area contributed by atoms with Gasteiger partial charge >= 0.3 is 0 Å². The van der Waals surface area contributed by atoms with E-state index in [1.807, 2.05) is 66.9 Å². The van der Waals surface area contributed by atoms with Crippen molar-refractivity contribution in [3.05, 3.63) is 81.3 Å². The van der Waals surface area contributed by atoms with Crippen LogP contribution in [0.4, 0.5) is 5.69 Å². The van der Waals surface area contributed by atoms with E-state index in [2.05, 4.69) is 15.4 Å². The van der Waals surface area contributed by atoms with Gasteiger partial charge in [0.15, 0.2) is 5.82 Å². The first-order valence-corrected chi connectivity index (χ1v) is 10.4. The largest absolute Gasteiger partial charge is 0.325 e. The number of hydrogen-bond acceptors (Lipinski definition) is 4. The topological polar surface area (TPSA) is 81.3 Å². The average molecular weight is 413 g/mol. The van der Waals surface area contributed by atoms with Gasteiger partial charge in [0.2, 0.25) is 11.7 Å². The number of hydrogen-bond donors (Lipinski definition) is 1. The molecule has 0 atom stereocenters. The first kappa shape index (κ1) is 19.2. The molecule has 0 fully saturated rings. The summed E-state index contributed by atoms with van der Waals surface area (Å²) < 4.78 is 3.19. The number of nitrogens with one attached hydrogen (secondary N) is 1. The van der Waals surface area contributed by atoms with E-state index in [-0.39, 0.29) is 18.0 Å². The van der Waals surface area contributed by atoms with Gasteiger partial charge in [0.05, 0.1) is 0 Å². The molecule has 1 amide bonds. The van der Waals surface area contributed by atoms with Crippen molar-refractivity contribution in [2.24, 2.45) is 0 Å². The monoisotopic (exact) mass is 413 g/mol. The van der Waals surface area contributed by atoms with Crippen LogP contribution in [0, 0.1) is 13.8 Å². The fourth-order valence-electron chi connectivity index (χ4n) is 4.16. The second kappa shape index (κ2) is 7.50. The molecule has 1 aliphatic carbocycles. The molecular formula is C24H23N5O2. The summed E-state index contributed by atoms with van der Waals surface area (Å²) in [6.07, 6.45) is 2.34. The number of amides is 1. The molecule has 5 rings (SSSR count). The molecule has 0 aliphatic heterocycles. The van der Waals surface area contributed by atoms with Gasteiger partial charge in [-0.25, -0.2) is 0 Å². The second-order valence-electron chi connectivity index (χ2n) is 8.03. The molecule has 2 aromatic heterocycles. The number of carbonyl (C=O) groups is 1. The molecule has 0 unspecified atom stereocenters. The van der Waals surface area contributed by atoms with Crippen molar-refractivity contribution in [3.63, 3.8) is 0 Å². The summed E-state index contributed by atoms with van der Waals surface area (Å²) in [5, 5.41) is 7.45. The number of aromatic nitrogens is 4. The molecule has 4 aromatic rings. The summed E-state index contributed by atoms with van der Waals surface area (Å²) >= 11 is 0. The maximum atomic E-state index is 13.0. The van der Waals surface area contributed by atoms with Crippen LogP contribution in [0.3, 0.4) is 0 Å². The minimum absolute atomic E-state index is 0.0754. The fourth-order valence-corrected chi connectivity index (χ4v) is 4.16. The Kier molecular flexibility index (Phi) is 4.66. The summed E-state index contributed by atoms with van der Waals surface area (Å²) in [4.78, 5) is 30.6. The summed E-state index contributed by atoms with van der Waals surface area (Å²) in [5.74, 6) is 0.719. The van der Waals surface area contributed by atoms with E-state index in [1.165, 1.54) is 10.1 Å². The summed E-state index contributed by atoms with van der Waals surface area (Å²) in [6.45, 7) is 4.13. The van der Waals surface area contributed by atoms with Gasteiger partial charge in [-0.15, -0.1) is 5.10 Å². The molecular weight excluding hydrogens is 390 g/mol. The molecule has 2 aromatic carbocycles. The smallest absolute Gasteiger partial charge is 0.279 e. The zero-order valence-corrected chi connectivity index (χ0v) is 17.6.